The van der Waals surface area contributed by atoms with E-state index in [2.05, 4.69) is 4.98 Å². The molecule has 1 atom stereocenters. The molecule has 0 aromatic carbocycles. The van der Waals surface area contributed by atoms with E-state index in [9.17, 15) is 9.90 Å². The lowest BCUT2D eigenvalue weighted by molar-refractivity contribution is 0.0218. The molecule has 0 saturated heterocycles. The molecule has 0 fully saturated rings. The standard InChI is InChI=1S/C12H17NO5S/c1-17-4-5-18-7-9(14)8-19-10-2-3-13-11(6-10)12(15)16/h2-3,6,9,14H,4-5,7-8H2,1H3,(H,15,16). The van der Waals surface area contributed by atoms with Crippen molar-refractivity contribution in [3.05, 3.63) is 24.0 Å². The minimum absolute atomic E-state index is 0.00386. The number of ether oxygens (including phenoxy) is 2. The molecular weight excluding hydrogens is 270 g/mol. The van der Waals surface area contributed by atoms with Crippen LogP contribution in [0.15, 0.2) is 23.2 Å². The first kappa shape index (κ1) is 15.9. The summed E-state index contributed by atoms with van der Waals surface area (Å²) in [6.45, 7) is 1.16. The Bertz CT molecular complexity index is 401. The van der Waals surface area contributed by atoms with Gasteiger partial charge >= 0.3 is 5.97 Å². The molecule has 106 valence electrons. The first-order chi connectivity index (χ1) is 9.13. The van der Waals surface area contributed by atoms with E-state index in [1.807, 2.05) is 0 Å². The van der Waals surface area contributed by atoms with E-state index < -0.39 is 12.1 Å². The van der Waals surface area contributed by atoms with Crippen LogP contribution in [0.2, 0.25) is 0 Å². The van der Waals surface area contributed by atoms with Crippen LogP contribution in [-0.2, 0) is 9.47 Å². The van der Waals surface area contributed by atoms with Gasteiger partial charge in [0.15, 0.2) is 0 Å². The van der Waals surface area contributed by atoms with E-state index in [1.165, 1.54) is 24.0 Å². The maximum absolute atomic E-state index is 10.7. The zero-order valence-corrected chi connectivity index (χ0v) is 11.4. The van der Waals surface area contributed by atoms with Crippen LogP contribution in [-0.4, -0.2) is 60.0 Å². The molecule has 2 N–H and O–H groups in total. The van der Waals surface area contributed by atoms with Gasteiger partial charge < -0.3 is 19.7 Å². The summed E-state index contributed by atoms with van der Waals surface area (Å²) in [5.74, 6) is -0.637. The molecular formula is C12H17NO5S. The third-order valence-corrected chi connectivity index (χ3v) is 3.27. The number of carboxylic acids is 1. The van der Waals surface area contributed by atoms with Gasteiger partial charge in [0.1, 0.15) is 5.69 Å². The topological polar surface area (TPSA) is 88.9 Å². The summed E-state index contributed by atoms with van der Waals surface area (Å²) in [5.41, 5.74) is -0.00386. The smallest absolute Gasteiger partial charge is 0.354 e. The number of carbonyl (C=O) groups is 1. The van der Waals surface area contributed by atoms with Gasteiger partial charge in [0.05, 0.1) is 25.9 Å². The fourth-order valence-corrected chi connectivity index (χ4v) is 2.05. The Balaban J connectivity index is 2.31. The number of nitrogens with zero attached hydrogens (tertiary/aromatic N) is 1. The Labute approximate surface area is 115 Å². The molecule has 0 aliphatic rings. The van der Waals surface area contributed by atoms with Crippen molar-refractivity contribution in [3.63, 3.8) is 0 Å². The highest BCUT2D eigenvalue weighted by molar-refractivity contribution is 7.99. The number of thioether (sulfide) groups is 1. The second-order valence-corrected chi connectivity index (χ2v) is 4.81. The number of aliphatic hydroxyl groups excluding tert-OH is 1. The van der Waals surface area contributed by atoms with Crippen molar-refractivity contribution in [2.24, 2.45) is 0 Å². The highest BCUT2D eigenvalue weighted by Gasteiger charge is 2.08. The van der Waals surface area contributed by atoms with Crippen LogP contribution in [0.25, 0.3) is 0 Å². The number of carboxylic acid groups (broad SMARTS) is 1. The molecule has 0 aliphatic heterocycles. The molecule has 0 radical (unpaired) electrons. The summed E-state index contributed by atoms with van der Waals surface area (Å²) < 4.78 is 10.0. The van der Waals surface area contributed by atoms with Crippen LogP contribution in [0.5, 0.6) is 0 Å². The molecule has 0 bridgehead atoms. The van der Waals surface area contributed by atoms with Crippen molar-refractivity contribution in [2.45, 2.75) is 11.0 Å². The van der Waals surface area contributed by atoms with Crippen molar-refractivity contribution in [1.82, 2.24) is 4.98 Å². The number of pyridine rings is 1. The molecule has 1 rings (SSSR count). The zero-order valence-electron chi connectivity index (χ0n) is 10.6. The predicted octanol–water partition coefficient (Wildman–Crippen LogP) is 0.896. The number of aromatic nitrogens is 1. The second kappa shape index (κ2) is 8.87. The molecule has 0 saturated carbocycles. The van der Waals surface area contributed by atoms with E-state index in [0.717, 1.165) is 4.90 Å². The van der Waals surface area contributed by atoms with Crippen LogP contribution >= 0.6 is 11.8 Å². The maximum Gasteiger partial charge on any atom is 0.354 e. The Morgan fingerprint density at radius 3 is 3.00 bits per heavy atom. The maximum atomic E-state index is 10.7. The first-order valence-electron chi connectivity index (χ1n) is 5.70. The van der Waals surface area contributed by atoms with E-state index >= 15 is 0 Å². The van der Waals surface area contributed by atoms with E-state index in [-0.39, 0.29) is 12.3 Å². The van der Waals surface area contributed by atoms with E-state index in [4.69, 9.17) is 14.6 Å². The summed E-state index contributed by atoms with van der Waals surface area (Å²) in [4.78, 5) is 15.2. The third-order valence-electron chi connectivity index (χ3n) is 2.13. The number of hydrogen-bond donors (Lipinski definition) is 2. The zero-order chi connectivity index (χ0) is 14.1. The minimum atomic E-state index is -1.06. The second-order valence-electron chi connectivity index (χ2n) is 3.71. The highest BCUT2D eigenvalue weighted by Crippen LogP contribution is 2.19. The molecule has 0 aliphatic carbocycles. The number of hydrogen-bond acceptors (Lipinski definition) is 6. The predicted molar refractivity (Wildman–Crippen MR) is 70.6 cm³/mol. The van der Waals surface area contributed by atoms with Gasteiger partial charge in [-0.15, -0.1) is 11.8 Å². The largest absolute Gasteiger partial charge is 0.477 e. The average molecular weight is 287 g/mol. The van der Waals surface area contributed by atoms with Crippen molar-refractivity contribution in [3.8, 4) is 0 Å². The Morgan fingerprint density at radius 2 is 2.32 bits per heavy atom. The monoisotopic (exact) mass is 287 g/mol. The van der Waals surface area contributed by atoms with Crippen LogP contribution in [0.1, 0.15) is 10.5 Å². The Kier molecular flexibility index (Phi) is 7.42. The Hall–Kier alpha value is -1.15. The first-order valence-corrected chi connectivity index (χ1v) is 6.69. The van der Waals surface area contributed by atoms with E-state index in [1.54, 1.807) is 13.2 Å². The minimum Gasteiger partial charge on any atom is -0.477 e. The van der Waals surface area contributed by atoms with Gasteiger partial charge in [-0.2, -0.15) is 0 Å². The van der Waals surface area contributed by atoms with Gasteiger partial charge in [-0.05, 0) is 12.1 Å². The number of aromatic carboxylic acids is 1. The van der Waals surface area contributed by atoms with Gasteiger partial charge in [-0.1, -0.05) is 0 Å². The lowest BCUT2D eigenvalue weighted by Gasteiger charge is -2.10. The van der Waals surface area contributed by atoms with Crippen LogP contribution in [0, 0.1) is 0 Å². The number of aliphatic hydroxyl groups is 1. The summed E-state index contributed by atoms with van der Waals surface area (Å²) in [6, 6.07) is 3.18. The lowest BCUT2D eigenvalue weighted by atomic mass is 10.3. The molecule has 0 amide bonds. The molecule has 6 nitrogen and oxygen atoms in total. The lowest BCUT2D eigenvalue weighted by Crippen LogP contribution is -2.19. The van der Waals surface area contributed by atoms with Crippen molar-refractivity contribution in [1.29, 1.82) is 0 Å². The van der Waals surface area contributed by atoms with Crippen LogP contribution < -0.4 is 0 Å². The van der Waals surface area contributed by atoms with Gasteiger partial charge in [0, 0.05) is 24.0 Å². The number of rotatable bonds is 9. The Morgan fingerprint density at radius 1 is 1.53 bits per heavy atom. The van der Waals surface area contributed by atoms with E-state index in [0.29, 0.717) is 19.0 Å². The fraction of sp³-hybridized carbons (Fsp3) is 0.500. The highest BCUT2D eigenvalue weighted by atomic mass is 32.2. The van der Waals surface area contributed by atoms with Gasteiger partial charge in [0.25, 0.3) is 0 Å². The van der Waals surface area contributed by atoms with Gasteiger partial charge in [-0.25, -0.2) is 9.78 Å². The molecule has 1 aromatic rings. The van der Waals surface area contributed by atoms with Crippen molar-refractivity contribution >= 4 is 17.7 Å². The normalized spacial score (nSPS) is 12.3. The average Bonchev–Trinajstić information content (AvgIpc) is 2.41. The molecule has 19 heavy (non-hydrogen) atoms. The summed E-state index contributed by atoms with van der Waals surface area (Å²) >= 11 is 1.36. The van der Waals surface area contributed by atoms with Crippen molar-refractivity contribution in [2.75, 3.05) is 32.7 Å². The summed E-state index contributed by atoms with van der Waals surface area (Å²) in [7, 11) is 1.58. The molecule has 1 heterocycles. The molecule has 7 heteroatoms. The SMILES string of the molecule is COCCOCC(O)CSc1ccnc(C(=O)O)c1. The fourth-order valence-electron chi connectivity index (χ4n) is 1.22. The van der Waals surface area contributed by atoms with Crippen molar-refractivity contribution < 1.29 is 24.5 Å². The van der Waals surface area contributed by atoms with Gasteiger partial charge in [0.2, 0.25) is 0 Å². The van der Waals surface area contributed by atoms with Gasteiger partial charge in [-0.3, -0.25) is 0 Å². The van der Waals surface area contributed by atoms with Crippen LogP contribution in [0.3, 0.4) is 0 Å². The van der Waals surface area contributed by atoms with Crippen LogP contribution in [0.4, 0.5) is 0 Å². The number of methoxy groups -OCH3 is 1. The molecule has 0 spiro atoms. The molecule has 1 unspecified atom stereocenters. The quantitative estimate of drug-likeness (QED) is 0.515. The summed E-state index contributed by atoms with van der Waals surface area (Å²) in [5, 5.41) is 18.5. The third kappa shape index (κ3) is 6.53. The molecule has 1 aromatic heterocycles. The summed E-state index contributed by atoms with van der Waals surface area (Å²) in [6.07, 6.45) is 0.830.